The molecule has 2 heterocycles. The van der Waals surface area contributed by atoms with E-state index in [-0.39, 0.29) is 18.1 Å². The summed E-state index contributed by atoms with van der Waals surface area (Å²) in [5, 5.41) is 0.662. The van der Waals surface area contributed by atoms with E-state index in [0.29, 0.717) is 51.1 Å². The van der Waals surface area contributed by atoms with Crippen LogP contribution in [0.1, 0.15) is 67.0 Å². The Labute approximate surface area is 290 Å². The molecule has 1 saturated heterocycles. The minimum atomic E-state index is -0.480. The van der Waals surface area contributed by atoms with Crippen molar-refractivity contribution < 1.29 is 28.4 Å². The van der Waals surface area contributed by atoms with E-state index in [1.165, 1.54) is 0 Å². The standard InChI is InChI=1S/C41H47ClO6/c1-3-44-34-19-17-30(18-20-34)23-33-24-35-37(25-36(33)42)45-22-12-6-11-21-43-28-38-29(2)39(46-26-31-13-7-4-8-14-31)41(40(35)48-38)47-27-32-15-9-5-10-16-32/h4-5,7-10,13-20,24-25,29,38-41H,3,6,11-12,21-23,26-28H2,1-2H3/t29-,38-,39+,40+,41-/m1/s1. The Kier molecular flexibility index (Phi) is 12.4. The average molecular weight is 671 g/mol. The Morgan fingerprint density at radius 1 is 0.750 bits per heavy atom. The Morgan fingerprint density at radius 3 is 2.10 bits per heavy atom. The number of ether oxygens (including phenoxy) is 6. The van der Waals surface area contributed by atoms with Crippen LogP contribution in [0.5, 0.6) is 11.5 Å². The number of benzene rings is 4. The number of hydrogen-bond acceptors (Lipinski definition) is 6. The van der Waals surface area contributed by atoms with Gasteiger partial charge in [-0.15, -0.1) is 0 Å². The number of fused-ring (bicyclic) bond motifs is 4. The quantitative estimate of drug-likeness (QED) is 0.168. The highest BCUT2D eigenvalue weighted by atomic mass is 35.5. The highest BCUT2D eigenvalue weighted by Crippen LogP contribution is 2.44. The summed E-state index contributed by atoms with van der Waals surface area (Å²) in [7, 11) is 0. The first-order valence-electron chi connectivity index (χ1n) is 17.3. The molecule has 0 aromatic heterocycles. The van der Waals surface area contributed by atoms with Gasteiger partial charge in [0.2, 0.25) is 0 Å². The van der Waals surface area contributed by atoms with E-state index in [0.717, 1.165) is 58.6 Å². The third-order valence-corrected chi connectivity index (χ3v) is 9.56. The Morgan fingerprint density at radius 2 is 1.42 bits per heavy atom. The zero-order valence-corrected chi connectivity index (χ0v) is 28.8. The zero-order valence-electron chi connectivity index (χ0n) is 28.0. The van der Waals surface area contributed by atoms with Gasteiger partial charge in [0.1, 0.15) is 23.7 Å². The van der Waals surface area contributed by atoms with Gasteiger partial charge in [0.15, 0.2) is 0 Å². The summed E-state index contributed by atoms with van der Waals surface area (Å²) in [6, 6.07) is 32.8. The summed E-state index contributed by atoms with van der Waals surface area (Å²) >= 11 is 7.00. The van der Waals surface area contributed by atoms with Gasteiger partial charge in [-0.1, -0.05) is 91.3 Å². The second-order valence-electron chi connectivity index (χ2n) is 12.7. The smallest absolute Gasteiger partial charge is 0.126 e. The maximum absolute atomic E-state index is 7.04. The van der Waals surface area contributed by atoms with Crippen LogP contribution >= 0.6 is 11.6 Å². The van der Waals surface area contributed by atoms with E-state index in [9.17, 15) is 0 Å². The van der Waals surface area contributed by atoms with Crippen LogP contribution in [0, 0.1) is 5.92 Å². The van der Waals surface area contributed by atoms with Crippen molar-refractivity contribution in [2.75, 3.05) is 26.4 Å². The summed E-state index contributed by atoms with van der Waals surface area (Å²) in [4.78, 5) is 0. The van der Waals surface area contributed by atoms with Crippen LogP contribution in [-0.4, -0.2) is 44.7 Å². The van der Waals surface area contributed by atoms with Crippen molar-refractivity contribution >= 4 is 11.6 Å². The molecule has 48 heavy (non-hydrogen) atoms. The third-order valence-electron chi connectivity index (χ3n) is 9.21. The summed E-state index contributed by atoms with van der Waals surface area (Å²) in [5.41, 5.74) is 5.25. The minimum Gasteiger partial charge on any atom is -0.494 e. The second-order valence-corrected chi connectivity index (χ2v) is 13.1. The van der Waals surface area contributed by atoms with Crippen LogP contribution in [0.3, 0.4) is 0 Å². The topological polar surface area (TPSA) is 55.4 Å². The molecule has 254 valence electrons. The molecular weight excluding hydrogens is 624 g/mol. The summed E-state index contributed by atoms with van der Waals surface area (Å²) < 4.78 is 39.1. The number of rotatable bonds is 10. The van der Waals surface area contributed by atoms with Crippen molar-refractivity contribution in [1.29, 1.82) is 0 Å². The van der Waals surface area contributed by atoms with Gasteiger partial charge in [0, 0.05) is 23.1 Å². The molecule has 0 amide bonds. The average Bonchev–Trinajstić information content (AvgIpc) is 3.12. The molecule has 1 fully saturated rings. The normalized spacial score (nSPS) is 23.1. The molecule has 4 aromatic rings. The Hall–Kier alpha value is -3.39. The van der Waals surface area contributed by atoms with Crippen LogP contribution in [0.4, 0.5) is 0 Å². The fraction of sp³-hybridized carbons (Fsp3) is 0.415. The highest BCUT2D eigenvalue weighted by Gasteiger charge is 2.47. The van der Waals surface area contributed by atoms with Crippen molar-refractivity contribution in [3.63, 3.8) is 0 Å². The monoisotopic (exact) mass is 670 g/mol. The van der Waals surface area contributed by atoms with Crippen molar-refractivity contribution in [1.82, 2.24) is 0 Å². The third kappa shape index (κ3) is 8.99. The lowest BCUT2D eigenvalue weighted by Gasteiger charge is -2.46. The molecule has 0 spiro atoms. The largest absolute Gasteiger partial charge is 0.494 e. The first-order valence-corrected chi connectivity index (χ1v) is 17.7. The lowest BCUT2D eigenvalue weighted by molar-refractivity contribution is -0.242. The number of halogens is 1. The summed E-state index contributed by atoms with van der Waals surface area (Å²) in [5.74, 6) is 1.59. The SMILES string of the molecule is CCOc1ccc(Cc2cc3c(cc2Cl)OCCCCCOC[C@H]2O[C@@H]3[C@H](OCc3ccccc3)[C@@H](OCc3ccccc3)[C@@H]2C)cc1. The first-order chi connectivity index (χ1) is 23.6. The predicted octanol–water partition coefficient (Wildman–Crippen LogP) is 9.16. The van der Waals surface area contributed by atoms with Gasteiger partial charge in [0.25, 0.3) is 0 Å². The molecule has 7 heteroatoms. The predicted molar refractivity (Wildman–Crippen MR) is 189 cm³/mol. The molecule has 6 nitrogen and oxygen atoms in total. The second kappa shape index (κ2) is 17.3. The molecule has 5 atom stereocenters. The highest BCUT2D eigenvalue weighted by molar-refractivity contribution is 6.31. The fourth-order valence-electron chi connectivity index (χ4n) is 6.53. The van der Waals surface area contributed by atoms with Crippen molar-refractivity contribution in [3.05, 3.63) is 130 Å². The molecule has 0 N–H and O–H groups in total. The molecule has 0 saturated carbocycles. The zero-order chi connectivity index (χ0) is 33.1. The first kappa shape index (κ1) is 34.5. The molecule has 0 unspecified atom stereocenters. The Balaban J connectivity index is 1.39. The Bertz CT molecular complexity index is 1550. The van der Waals surface area contributed by atoms with E-state index in [2.05, 4.69) is 49.4 Å². The summed E-state index contributed by atoms with van der Waals surface area (Å²) in [6.45, 7) is 7.45. The van der Waals surface area contributed by atoms with E-state index in [1.54, 1.807) is 0 Å². The van der Waals surface area contributed by atoms with Crippen molar-refractivity contribution in [3.8, 4) is 11.5 Å². The van der Waals surface area contributed by atoms with Crippen LogP contribution in [-0.2, 0) is 38.6 Å². The number of hydrogen-bond donors (Lipinski definition) is 0. The van der Waals surface area contributed by atoms with Gasteiger partial charge >= 0.3 is 0 Å². The van der Waals surface area contributed by atoms with Gasteiger partial charge in [-0.2, -0.15) is 0 Å². The fourth-order valence-corrected chi connectivity index (χ4v) is 6.75. The van der Waals surface area contributed by atoms with E-state index >= 15 is 0 Å². The molecule has 4 aromatic carbocycles. The molecule has 6 rings (SSSR count). The molecular formula is C41H47ClO6. The molecule has 0 aliphatic carbocycles. The van der Waals surface area contributed by atoms with E-state index in [4.69, 9.17) is 40.0 Å². The van der Waals surface area contributed by atoms with Gasteiger partial charge in [-0.05, 0) is 79.1 Å². The molecule has 2 aliphatic heterocycles. The molecule has 0 radical (unpaired) electrons. The molecule has 2 bridgehead atoms. The van der Waals surface area contributed by atoms with Crippen LogP contribution in [0.25, 0.3) is 0 Å². The lowest BCUT2D eigenvalue weighted by atomic mass is 9.84. The van der Waals surface area contributed by atoms with E-state index in [1.807, 2.05) is 61.5 Å². The van der Waals surface area contributed by atoms with Crippen LogP contribution < -0.4 is 9.47 Å². The van der Waals surface area contributed by atoms with Gasteiger partial charge < -0.3 is 28.4 Å². The van der Waals surface area contributed by atoms with Gasteiger partial charge in [0.05, 0.1) is 45.2 Å². The maximum atomic E-state index is 7.04. The lowest BCUT2D eigenvalue weighted by Crippen LogP contribution is -2.53. The van der Waals surface area contributed by atoms with Crippen molar-refractivity contribution in [2.45, 2.75) is 77.2 Å². The van der Waals surface area contributed by atoms with Gasteiger partial charge in [-0.25, -0.2) is 0 Å². The minimum absolute atomic E-state index is 0.0101. The van der Waals surface area contributed by atoms with Crippen molar-refractivity contribution in [2.24, 2.45) is 5.92 Å². The maximum Gasteiger partial charge on any atom is 0.126 e. The van der Waals surface area contributed by atoms with Crippen LogP contribution in [0.2, 0.25) is 5.02 Å². The van der Waals surface area contributed by atoms with Crippen LogP contribution in [0.15, 0.2) is 97.1 Å². The van der Waals surface area contributed by atoms with E-state index < -0.39 is 12.2 Å². The summed E-state index contributed by atoms with van der Waals surface area (Å²) in [6.07, 6.45) is 2.19. The molecule has 2 aliphatic rings. The van der Waals surface area contributed by atoms with Gasteiger partial charge in [-0.3, -0.25) is 0 Å².